The molecule has 2 aliphatic rings. The fraction of sp³-hybridized carbons (Fsp3) is 0.348. The molecule has 5 heteroatoms. The number of rotatable bonds is 4. The van der Waals surface area contributed by atoms with E-state index < -0.39 is 0 Å². The number of nitrogens with zero attached hydrogens (tertiary/aromatic N) is 2. The predicted molar refractivity (Wildman–Crippen MR) is 110 cm³/mol. The van der Waals surface area contributed by atoms with Crippen LogP contribution in [0.3, 0.4) is 0 Å². The first-order valence-corrected chi connectivity index (χ1v) is 9.99. The number of benzene rings is 2. The van der Waals surface area contributed by atoms with Gasteiger partial charge in [-0.2, -0.15) is 0 Å². The highest BCUT2D eigenvalue weighted by molar-refractivity contribution is 5.98. The van der Waals surface area contributed by atoms with E-state index in [4.69, 9.17) is 4.74 Å². The Morgan fingerprint density at radius 3 is 2.64 bits per heavy atom. The second-order valence-electron chi connectivity index (χ2n) is 7.79. The van der Waals surface area contributed by atoms with Crippen molar-refractivity contribution in [2.24, 2.45) is 0 Å². The van der Waals surface area contributed by atoms with Gasteiger partial charge in [0, 0.05) is 42.6 Å². The summed E-state index contributed by atoms with van der Waals surface area (Å²) in [5, 5.41) is 1.03. The summed E-state index contributed by atoms with van der Waals surface area (Å²) >= 11 is 0. The summed E-state index contributed by atoms with van der Waals surface area (Å²) in [5.41, 5.74) is 2.78. The van der Waals surface area contributed by atoms with Crippen LogP contribution >= 0.6 is 0 Å². The number of carbonyl (C=O) groups excluding carboxylic acids is 1. The Morgan fingerprint density at radius 1 is 1.07 bits per heavy atom. The van der Waals surface area contributed by atoms with Crippen LogP contribution in [0.1, 0.15) is 34.9 Å². The van der Waals surface area contributed by atoms with Gasteiger partial charge >= 0.3 is 0 Å². The first-order chi connectivity index (χ1) is 13.7. The van der Waals surface area contributed by atoms with Crippen LogP contribution in [-0.2, 0) is 0 Å². The molecule has 1 N–H and O–H groups in total. The summed E-state index contributed by atoms with van der Waals surface area (Å²) in [7, 11) is 1.65. The van der Waals surface area contributed by atoms with Crippen LogP contribution in [0.2, 0.25) is 0 Å². The number of aromatic nitrogens is 1. The number of piperazine rings is 1. The van der Waals surface area contributed by atoms with Gasteiger partial charge in [-0.15, -0.1) is 0 Å². The molecule has 1 saturated carbocycles. The lowest BCUT2D eigenvalue weighted by Gasteiger charge is -2.41. The highest BCUT2D eigenvalue weighted by Gasteiger charge is 2.38. The second kappa shape index (κ2) is 6.99. The highest BCUT2D eigenvalue weighted by Crippen LogP contribution is 2.34. The standard InChI is InChI=1S/C23H25N3O2/c1-28-19-10-7-17-13-21(24-20(17)14-19)23(27)26-12-11-25(18-8-9-18)15-22(26)16-5-3-2-4-6-16/h2-7,10,13-14,18,22,24H,8-9,11-12,15H2,1H3. The lowest BCUT2D eigenvalue weighted by Crippen LogP contribution is -2.51. The molecular formula is C23H25N3O2. The highest BCUT2D eigenvalue weighted by atomic mass is 16.5. The van der Waals surface area contributed by atoms with Crippen molar-refractivity contribution in [2.45, 2.75) is 24.9 Å². The van der Waals surface area contributed by atoms with Crippen LogP contribution in [0, 0.1) is 0 Å². The molecule has 0 spiro atoms. The summed E-state index contributed by atoms with van der Waals surface area (Å²) in [4.78, 5) is 21.3. The van der Waals surface area contributed by atoms with Gasteiger partial charge in [0.2, 0.25) is 0 Å². The first-order valence-electron chi connectivity index (χ1n) is 9.99. The van der Waals surface area contributed by atoms with E-state index in [-0.39, 0.29) is 11.9 Å². The maximum absolute atomic E-state index is 13.4. The molecule has 0 radical (unpaired) electrons. The minimum Gasteiger partial charge on any atom is -0.497 e. The van der Waals surface area contributed by atoms with Gasteiger partial charge in [0.15, 0.2) is 0 Å². The van der Waals surface area contributed by atoms with Gasteiger partial charge in [-0.3, -0.25) is 9.69 Å². The van der Waals surface area contributed by atoms with E-state index in [2.05, 4.69) is 34.1 Å². The van der Waals surface area contributed by atoms with E-state index in [0.717, 1.165) is 36.3 Å². The minimum atomic E-state index is 0.0690. The zero-order valence-electron chi connectivity index (χ0n) is 16.1. The average molecular weight is 375 g/mol. The molecular weight excluding hydrogens is 350 g/mol. The number of fused-ring (bicyclic) bond motifs is 1. The van der Waals surface area contributed by atoms with Crippen molar-refractivity contribution in [2.75, 3.05) is 26.7 Å². The zero-order valence-corrected chi connectivity index (χ0v) is 16.1. The van der Waals surface area contributed by atoms with Crippen molar-refractivity contribution in [3.05, 3.63) is 65.9 Å². The fourth-order valence-electron chi connectivity index (χ4n) is 4.28. The van der Waals surface area contributed by atoms with Crippen molar-refractivity contribution >= 4 is 16.8 Å². The molecule has 1 aliphatic carbocycles. The van der Waals surface area contributed by atoms with Gasteiger partial charge in [-0.05, 0) is 36.6 Å². The third-order valence-corrected chi connectivity index (χ3v) is 5.98. The first kappa shape index (κ1) is 17.3. The van der Waals surface area contributed by atoms with E-state index in [0.29, 0.717) is 11.7 Å². The maximum Gasteiger partial charge on any atom is 0.270 e. The summed E-state index contributed by atoms with van der Waals surface area (Å²) in [6.45, 7) is 2.62. The molecule has 5 nitrogen and oxygen atoms in total. The van der Waals surface area contributed by atoms with E-state index in [1.807, 2.05) is 35.2 Å². The Kier molecular flexibility index (Phi) is 4.32. The van der Waals surface area contributed by atoms with Crippen molar-refractivity contribution in [3.8, 4) is 5.75 Å². The fourth-order valence-corrected chi connectivity index (χ4v) is 4.28. The molecule has 2 fully saturated rings. The monoisotopic (exact) mass is 375 g/mol. The van der Waals surface area contributed by atoms with E-state index >= 15 is 0 Å². The van der Waals surface area contributed by atoms with Crippen LogP contribution in [0.5, 0.6) is 5.75 Å². The van der Waals surface area contributed by atoms with Crippen LogP contribution < -0.4 is 4.74 Å². The quantitative estimate of drug-likeness (QED) is 0.754. The van der Waals surface area contributed by atoms with Crippen molar-refractivity contribution in [1.82, 2.24) is 14.8 Å². The van der Waals surface area contributed by atoms with Crippen LogP contribution in [0.4, 0.5) is 0 Å². The molecule has 144 valence electrons. The summed E-state index contributed by atoms with van der Waals surface area (Å²) in [6, 6.07) is 19.0. The molecule has 28 heavy (non-hydrogen) atoms. The molecule has 1 aliphatic heterocycles. The molecule has 5 rings (SSSR count). The molecule has 2 heterocycles. The van der Waals surface area contributed by atoms with Gasteiger partial charge in [0.1, 0.15) is 11.4 Å². The Hall–Kier alpha value is -2.79. The second-order valence-corrected chi connectivity index (χ2v) is 7.79. The molecule has 2 aromatic carbocycles. The SMILES string of the molecule is COc1ccc2cc(C(=O)N3CCN(C4CC4)CC3c3ccccc3)[nH]c2c1. The molecule has 1 atom stereocenters. The summed E-state index contributed by atoms with van der Waals surface area (Å²) < 4.78 is 5.30. The Labute approximate surface area is 164 Å². The van der Waals surface area contributed by atoms with Crippen LogP contribution in [0.25, 0.3) is 10.9 Å². The third kappa shape index (κ3) is 3.16. The number of nitrogens with one attached hydrogen (secondary N) is 1. The Morgan fingerprint density at radius 2 is 1.89 bits per heavy atom. The molecule has 1 aromatic heterocycles. The van der Waals surface area contributed by atoms with E-state index in [9.17, 15) is 4.79 Å². The molecule has 1 amide bonds. The van der Waals surface area contributed by atoms with Crippen LogP contribution in [-0.4, -0.2) is 53.5 Å². The smallest absolute Gasteiger partial charge is 0.270 e. The Bertz CT molecular complexity index is 994. The molecule has 0 bridgehead atoms. The van der Waals surface area contributed by atoms with Crippen molar-refractivity contribution in [1.29, 1.82) is 0 Å². The van der Waals surface area contributed by atoms with Gasteiger partial charge in [0.05, 0.1) is 13.2 Å². The number of ether oxygens (including phenoxy) is 1. The lowest BCUT2D eigenvalue weighted by atomic mass is 10.0. The zero-order chi connectivity index (χ0) is 19.1. The number of hydrogen-bond acceptors (Lipinski definition) is 3. The van der Waals surface area contributed by atoms with Gasteiger partial charge < -0.3 is 14.6 Å². The number of hydrogen-bond donors (Lipinski definition) is 1. The number of amides is 1. The third-order valence-electron chi connectivity index (χ3n) is 5.98. The van der Waals surface area contributed by atoms with Gasteiger partial charge in [-0.1, -0.05) is 30.3 Å². The van der Waals surface area contributed by atoms with E-state index in [1.54, 1.807) is 7.11 Å². The predicted octanol–water partition coefficient (Wildman–Crippen LogP) is 3.84. The summed E-state index contributed by atoms with van der Waals surface area (Å²) in [5.74, 6) is 0.855. The largest absolute Gasteiger partial charge is 0.497 e. The van der Waals surface area contributed by atoms with Gasteiger partial charge in [-0.25, -0.2) is 0 Å². The number of methoxy groups -OCH3 is 1. The van der Waals surface area contributed by atoms with E-state index in [1.165, 1.54) is 18.4 Å². The minimum absolute atomic E-state index is 0.0690. The summed E-state index contributed by atoms with van der Waals surface area (Å²) in [6.07, 6.45) is 2.58. The van der Waals surface area contributed by atoms with Crippen LogP contribution in [0.15, 0.2) is 54.6 Å². The molecule has 1 unspecified atom stereocenters. The van der Waals surface area contributed by atoms with Gasteiger partial charge in [0.25, 0.3) is 5.91 Å². The van der Waals surface area contributed by atoms with Crippen molar-refractivity contribution in [3.63, 3.8) is 0 Å². The number of aromatic amines is 1. The average Bonchev–Trinajstić information content (AvgIpc) is 3.51. The molecule has 3 aromatic rings. The number of H-pyrrole nitrogens is 1. The van der Waals surface area contributed by atoms with Crippen molar-refractivity contribution < 1.29 is 9.53 Å². The topological polar surface area (TPSA) is 48.6 Å². The molecule has 1 saturated heterocycles. The lowest BCUT2D eigenvalue weighted by molar-refractivity contribution is 0.0428. The normalized spacial score (nSPS) is 20.5. The number of carbonyl (C=O) groups is 1. The maximum atomic E-state index is 13.4. The Balaban J connectivity index is 1.46.